The van der Waals surface area contributed by atoms with E-state index < -0.39 is 0 Å². The molecule has 5 heteroatoms. The van der Waals surface area contributed by atoms with Crippen LogP contribution >= 0.6 is 0 Å². The fraction of sp³-hybridized carbons (Fsp3) is 0.455. The normalized spacial score (nSPS) is 12.0. The molecule has 1 amide bonds. The number of amides is 1. The van der Waals surface area contributed by atoms with Gasteiger partial charge in [0.2, 0.25) is 5.88 Å². The zero-order valence-corrected chi connectivity index (χ0v) is 9.80. The number of hydrogen-bond acceptors (Lipinski definition) is 4. The standard InChI is InChI=1S/C11H17N3O2/c1-8(7-12)14(2)11(15)9-5-4-6-13-10(9)16-3/h4-6,8H,7,12H2,1-3H3. The molecule has 1 atom stereocenters. The van der Waals surface area contributed by atoms with Crippen LogP contribution < -0.4 is 10.5 Å². The molecule has 16 heavy (non-hydrogen) atoms. The summed E-state index contributed by atoms with van der Waals surface area (Å²) in [4.78, 5) is 17.6. The third kappa shape index (κ3) is 2.49. The lowest BCUT2D eigenvalue weighted by Crippen LogP contribution is -2.39. The first-order valence-corrected chi connectivity index (χ1v) is 5.08. The number of ether oxygens (including phenoxy) is 1. The van der Waals surface area contributed by atoms with Gasteiger partial charge in [0.1, 0.15) is 5.56 Å². The molecular weight excluding hydrogens is 206 g/mol. The lowest BCUT2D eigenvalue weighted by molar-refractivity contribution is 0.0744. The molecule has 1 heterocycles. The second-order valence-electron chi connectivity index (χ2n) is 3.56. The van der Waals surface area contributed by atoms with Gasteiger partial charge in [-0.3, -0.25) is 4.79 Å². The molecule has 0 fully saturated rings. The Bertz CT molecular complexity index is 368. The molecule has 0 aromatic carbocycles. The van der Waals surface area contributed by atoms with Crippen LogP contribution in [0.4, 0.5) is 0 Å². The Morgan fingerprint density at radius 3 is 2.94 bits per heavy atom. The Morgan fingerprint density at radius 1 is 1.69 bits per heavy atom. The van der Waals surface area contributed by atoms with E-state index in [0.717, 1.165) is 0 Å². The summed E-state index contributed by atoms with van der Waals surface area (Å²) in [7, 11) is 3.21. The number of hydrogen-bond donors (Lipinski definition) is 1. The third-order valence-electron chi connectivity index (χ3n) is 2.52. The Morgan fingerprint density at radius 2 is 2.38 bits per heavy atom. The summed E-state index contributed by atoms with van der Waals surface area (Å²) in [5.41, 5.74) is 5.97. The van der Waals surface area contributed by atoms with Crippen LogP contribution in [0.2, 0.25) is 0 Å². The highest BCUT2D eigenvalue weighted by atomic mass is 16.5. The minimum atomic E-state index is -0.136. The minimum absolute atomic E-state index is 0.0163. The number of nitrogens with two attached hydrogens (primary N) is 1. The van der Waals surface area contributed by atoms with Crippen molar-refractivity contribution in [2.24, 2.45) is 5.73 Å². The van der Waals surface area contributed by atoms with Gasteiger partial charge in [-0.2, -0.15) is 0 Å². The van der Waals surface area contributed by atoms with Gasteiger partial charge < -0.3 is 15.4 Å². The molecule has 0 aliphatic carbocycles. The molecule has 88 valence electrons. The summed E-state index contributed by atoms with van der Waals surface area (Å²) in [6.45, 7) is 2.31. The maximum atomic E-state index is 12.1. The SMILES string of the molecule is COc1ncccc1C(=O)N(C)C(C)CN. The summed E-state index contributed by atoms with van der Waals surface area (Å²) in [5.74, 6) is 0.200. The first-order valence-electron chi connectivity index (χ1n) is 5.08. The van der Waals surface area contributed by atoms with Crippen molar-refractivity contribution >= 4 is 5.91 Å². The second-order valence-corrected chi connectivity index (χ2v) is 3.56. The van der Waals surface area contributed by atoms with Crippen molar-refractivity contribution in [3.8, 4) is 5.88 Å². The van der Waals surface area contributed by atoms with Crippen LogP contribution in [-0.2, 0) is 0 Å². The van der Waals surface area contributed by atoms with E-state index in [2.05, 4.69) is 4.98 Å². The molecular formula is C11H17N3O2. The topological polar surface area (TPSA) is 68.5 Å². The molecule has 0 bridgehead atoms. The zero-order chi connectivity index (χ0) is 12.1. The number of aromatic nitrogens is 1. The van der Waals surface area contributed by atoms with Crippen LogP contribution in [0.25, 0.3) is 0 Å². The highest BCUT2D eigenvalue weighted by Crippen LogP contribution is 2.16. The lowest BCUT2D eigenvalue weighted by atomic mass is 10.2. The third-order valence-corrected chi connectivity index (χ3v) is 2.52. The number of carbonyl (C=O) groups excluding carboxylic acids is 1. The van der Waals surface area contributed by atoms with Gasteiger partial charge in [0.05, 0.1) is 7.11 Å². The molecule has 0 saturated heterocycles. The number of nitrogens with zero attached hydrogens (tertiary/aromatic N) is 2. The quantitative estimate of drug-likeness (QED) is 0.807. The highest BCUT2D eigenvalue weighted by molar-refractivity contribution is 5.96. The van der Waals surface area contributed by atoms with Crippen LogP contribution in [0.3, 0.4) is 0 Å². The number of methoxy groups -OCH3 is 1. The fourth-order valence-corrected chi connectivity index (χ4v) is 1.26. The molecule has 0 saturated carbocycles. The molecule has 1 aromatic rings. The number of pyridine rings is 1. The average Bonchev–Trinajstić information content (AvgIpc) is 2.35. The lowest BCUT2D eigenvalue weighted by Gasteiger charge is -2.24. The van der Waals surface area contributed by atoms with Gasteiger partial charge in [0, 0.05) is 25.8 Å². The Labute approximate surface area is 95.2 Å². The van der Waals surface area contributed by atoms with Crippen LogP contribution in [0.5, 0.6) is 5.88 Å². The first-order chi connectivity index (χ1) is 7.61. The second kappa shape index (κ2) is 5.46. The molecule has 0 spiro atoms. The Hall–Kier alpha value is -1.62. The fourth-order valence-electron chi connectivity index (χ4n) is 1.26. The molecule has 1 unspecified atom stereocenters. The molecule has 1 aromatic heterocycles. The number of rotatable bonds is 4. The van der Waals surface area contributed by atoms with Crippen molar-refractivity contribution in [2.45, 2.75) is 13.0 Å². The van der Waals surface area contributed by atoms with Gasteiger partial charge in [-0.1, -0.05) is 0 Å². The molecule has 1 rings (SSSR count). The van der Waals surface area contributed by atoms with Crippen LogP contribution in [0, 0.1) is 0 Å². The van der Waals surface area contributed by atoms with Crippen molar-refractivity contribution in [3.05, 3.63) is 23.9 Å². The van der Waals surface area contributed by atoms with Crippen molar-refractivity contribution in [2.75, 3.05) is 20.7 Å². The summed E-state index contributed by atoms with van der Waals surface area (Å²) >= 11 is 0. The molecule has 0 aliphatic rings. The van der Waals surface area contributed by atoms with Gasteiger partial charge >= 0.3 is 0 Å². The van der Waals surface area contributed by atoms with Gasteiger partial charge in [-0.15, -0.1) is 0 Å². The largest absolute Gasteiger partial charge is 0.480 e. The van der Waals surface area contributed by atoms with E-state index in [1.807, 2.05) is 6.92 Å². The maximum Gasteiger partial charge on any atom is 0.259 e. The van der Waals surface area contributed by atoms with Crippen molar-refractivity contribution < 1.29 is 9.53 Å². The van der Waals surface area contributed by atoms with E-state index in [0.29, 0.717) is 18.0 Å². The minimum Gasteiger partial charge on any atom is -0.480 e. The zero-order valence-electron chi connectivity index (χ0n) is 9.80. The maximum absolute atomic E-state index is 12.1. The predicted octanol–water partition coefficient (Wildman–Crippen LogP) is 0.509. The van der Waals surface area contributed by atoms with E-state index in [1.165, 1.54) is 7.11 Å². The molecule has 2 N–H and O–H groups in total. The van der Waals surface area contributed by atoms with Crippen LogP contribution in [0.15, 0.2) is 18.3 Å². The summed E-state index contributed by atoms with van der Waals surface area (Å²) in [5, 5.41) is 0. The van der Waals surface area contributed by atoms with E-state index in [4.69, 9.17) is 10.5 Å². The van der Waals surface area contributed by atoms with Gasteiger partial charge in [-0.25, -0.2) is 4.98 Å². The van der Waals surface area contributed by atoms with Gasteiger partial charge in [0.15, 0.2) is 0 Å². The summed E-state index contributed by atoms with van der Waals surface area (Å²) in [6, 6.07) is 3.38. The highest BCUT2D eigenvalue weighted by Gasteiger charge is 2.20. The Kier molecular flexibility index (Phi) is 4.25. The van der Waals surface area contributed by atoms with E-state index in [9.17, 15) is 4.79 Å². The monoisotopic (exact) mass is 223 g/mol. The molecule has 0 radical (unpaired) electrons. The van der Waals surface area contributed by atoms with Crippen molar-refractivity contribution in [1.82, 2.24) is 9.88 Å². The number of likely N-dealkylation sites (N-methyl/N-ethyl adjacent to an activating group) is 1. The summed E-state index contributed by atoms with van der Waals surface area (Å²) < 4.78 is 5.04. The summed E-state index contributed by atoms with van der Waals surface area (Å²) in [6.07, 6.45) is 1.59. The van der Waals surface area contributed by atoms with E-state index in [-0.39, 0.29) is 11.9 Å². The first kappa shape index (κ1) is 12.4. The van der Waals surface area contributed by atoms with E-state index in [1.54, 1.807) is 30.3 Å². The van der Waals surface area contributed by atoms with Crippen molar-refractivity contribution in [3.63, 3.8) is 0 Å². The van der Waals surface area contributed by atoms with Crippen molar-refractivity contribution in [1.29, 1.82) is 0 Å². The smallest absolute Gasteiger partial charge is 0.259 e. The number of carbonyl (C=O) groups is 1. The van der Waals surface area contributed by atoms with Gasteiger partial charge in [-0.05, 0) is 19.1 Å². The van der Waals surface area contributed by atoms with Gasteiger partial charge in [0.25, 0.3) is 5.91 Å². The average molecular weight is 223 g/mol. The van der Waals surface area contributed by atoms with E-state index >= 15 is 0 Å². The molecule has 5 nitrogen and oxygen atoms in total. The van der Waals surface area contributed by atoms with Crippen LogP contribution in [0.1, 0.15) is 17.3 Å². The van der Waals surface area contributed by atoms with Crippen LogP contribution in [-0.4, -0.2) is 42.5 Å². The predicted molar refractivity (Wildman–Crippen MR) is 61.4 cm³/mol. The Balaban J connectivity index is 2.95. The molecule has 0 aliphatic heterocycles.